The highest BCUT2D eigenvalue weighted by Gasteiger charge is 2.14. The molecule has 0 aliphatic rings. The molecule has 0 saturated carbocycles. The Bertz CT molecular complexity index is 932. The number of carbonyl (C=O) groups excluding carboxylic acids is 1. The van der Waals surface area contributed by atoms with Crippen LogP contribution in [0.3, 0.4) is 0 Å². The summed E-state index contributed by atoms with van der Waals surface area (Å²) in [4.78, 5) is 13.7. The van der Waals surface area contributed by atoms with Crippen molar-refractivity contribution in [3.05, 3.63) is 82.2 Å². The highest BCUT2D eigenvalue weighted by atomic mass is 32.2. The average Bonchev–Trinajstić information content (AvgIpc) is 3.07. The van der Waals surface area contributed by atoms with E-state index in [4.69, 9.17) is 9.26 Å². The molecule has 1 aromatic heterocycles. The molecule has 1 heterocycles. The van der Waals surface area contributed by atoms with Crippen molar-refractivity contribution in [3.63, 3.8) is 0 Å². The van der Waals surface area contributed by atoms with Gasteiger partial charge in [-0.1, -0.05) is 41.6 Å². The van der Waals surface area contributed by atoms with Crippen LogP contribution in [-0.4, -0.2) is 17.7 Å². The van der Waals surface area contributed by atoms with Crippen LogP contribution >= 0.6 is 11.8 Å². The second kappa shape index (κ2) is 10.3. The molecule has 0 fully saturated rings. The number of thioether (sulfide) groups is 1. The van der Waals surface area contributed by atoms with Gasteiger partial charge in [0.25, 0.3) is 5.91 Å². The van der Waals surface area contributed by atoms with Crippen molar-refractivity contribution in [1.82, 2.24) is 10.5 Å². The van der Waals surface area contributed by atoms with Gasteiger partial charge in [-0.15, -0.1) is 11.8 Å². The van der Waals surface area contributed by atoms with Gasteiger partial charge in [-0.3, -0.25) is 4.79 Å². The van der Waals surface area contributed by atoms with E-state index in [1.54, 1.807) is 11.8 Å². The zero-order chi connectivity index (χ0) is 20.6. The molecule has 6 heteroatoms. The van der Waals surface area contributed by atoms with E-state index in [0.29, 0.717) is 31.1 Å². The lowest BCUT2D eigenvalue weighted by Gasteiger charge is -2.10. The fourth-order valence-electron chi connectivity index (χ4n) is 2.89. The van der Waals surface area contributed by atoms with Crippen LogP contribution in [0, 0.1) is 13.8 Å². The summed E-state index contributed by atoms with van der Waals surface area (Å²) in [6.07, 6.45) is 0. The minimum atomic E-state index is -0.0785. The van der Waals surface area contributed by atoms with Gasteiger partial charge >= 0.3 is 0 Å². The minimum absolute atomic E-state index is 0.0785. The summed E-state index contributed by atoms with van der Waals surface area (Å²) in [6.45, 7) is 7.62. The highest BCUT2D eigenvalue weighted by molar-refractivity contribution is 7.98. The molecule has 3 rings (SSSR count). The van der Waals surface area contributed by atoms with Crippen molar-refractivity contribution in [2.24, 2.45) is 0 Å². The summed E-state index contributed by atoms with van der Waals surface area (Å²) < 4.78 is 10.6. The number of aromatic nitrogens is 1. The number of nitrogens with zero attached hydrogens (tertiary/aromatic N) is 1. The molecule has 29 heavy (non-hydrogen) atoms. The molecule has 0 saturated heterocycles. The van der Waals surface area contributed by atoms with E-state index in [1.807, 2.05) is 69.3 Å². The van der Waals surface area contributed by atoms with E-state index < -0.39 is 0 Å². The molecule has 0 bridgehead atoms. The van der Waals surface area contributed by atoms with Crippen LogP contribution in [-0.2, 0) is 23.6 Å². The Labute approximate surface area is 175 Å². The van der Waals surface area contributed by atoms with E-state index in [-0.39, 0.29) is 5.91 Å². The number of nitrogens with one attached hydrogen (secondary N) is 1. The van der Waals surface area contributed by atoms with E-state index >= 15 is 0 Å². The Morgan fingerprint density at radius 3 is 2.52 bits per heavy atom. The largest absolute Gasteiger partial charge is 0.377 e. The molecule has 5 nitrogen and oxygen atoms in total. The fourth-order valence-corrected chi connectivity index (χ4v) is 4.09. The molecule has 2 aromatic carbocycles. The maximum absolute atomic E-state index is 12.8. The zero-order valence-electron chi connectivity index (χ0n) is 17.0. The lowest BCUT2D eigenvalue weighted by molar-refractivity contribution is 0.0948. The first-order valence-corrected chi connectivity index (χ1v) is 10.6. The van der Waals surface area contributed by atoms with Crippen molar-refractivity contribution in [1.29, 1.82) is 0 Å². The van der Waals surface area contributed by atoms with Crippen LogP contribution < -0.4 is 5.32 Å². The Morgan fingerprint density at radius 1 is 1.10 bits per heavy atom. The average molecular weight is 411 g/mol. The predicted molar refractivity (Wildman–Crippen MR) is 115 cm³/mol. The second-order valence-electron chi connectivity index (χ2n) is 6.72. The number of hydrogen-bond acceptors (Lipinski definition) is 5. The van der Waals surface area contributed by atoms with E-state index in [9.17, 15) is 4.79 Å². The third kappa shape index (κ3) is 5.71. The van der Waals surface area contributed by atoms with Crippen molar-refractivity contribution in [2.45, 2.75) is 44.6 Å². The molecule has 3 aromatic rings. The fraction of sp³-hybridized carbons (Fsp3) is 0.304. The predicted octanol–water partition coefficient (Wildman–Crippen LogP) is 5.05. The maximum atomic E-state index is 12.8. The first kappa shape index (κ1) is 21.1. The van der Waals surface area contributed by atoms with Gasteiger partial charge in [0.15, 0.2) is 0 Å². The number of rotatable bonds is 9. The van der Waals surface area contributed by atoms with Crippen LogP contribution in [0.1, 0.15) is 45.4 Å². The minimum Gasteiger partial charge on any atom is -0.377 e. The third-order valence-corrected chi connectivity index (χ3v) is 5.73. The lowest BCUT2D eigenvalue weighted by Crippen LogP contribution is -2.23. The van der Waals surface area contributed by atoms with Crippen LogP contribution in [0.5, 0.6) is 0 Å². The van der Waals surface area contributed by atoms with Gasteiger partial charge in [0.05, 0.1) is 17.9 Å². The Hall–Kier alpha value is -2.57. The molecule has 0 radical (unpaired) electrons. The molecule has 0 atom stereocenters. The first-order valence-electron chi connectivity index (χ1n) is 9.65. The van der Waals surface area contributed by atoms with Crippen molar-refractivity contribution in [3.8, 4) is 0 Å². The van der Waals surface area contributed by atoms with Crippen LogP contribution in [0.25, 0.3) is 0 Å². The van der Waals surface area contributed by atoms with Gasteiger partial charge in [-0.2, -0.15) is 0 Å². The Balaban J connectivity index is 1.61. The molecular formula is C23H26N2O3S. The molecular weight excluding hydrogens is 384 g/mol. The van der Waals surface area contributed by atoms with Crippen molar-refractivity contribution < 1.29 is 14.1 Å². The number of ether oxygens (including phenoxy) is 1. The first-order chi connectivity index (χ1) is 14.1. The Morgan fingerprint density at radius 2 is 1.83 bits per heavy atom. The number of hydrogen-bond donors (Lipinski definition) is 1. The summed E-state index contributed by atoms with van der Waals surface area (Å²) >= 11 is 1.62. The highest BCUT2D eigenvalue weighted by Crippen LogP contribution is 2.28. The standard InChI is InChI=1S/C23H26N2O3S/c1-4-27-14-19-11-9-18(10-12-19)13-24-23(26)20-7-5-6-8-22(20)29-15-21-16(2)25-28-17(21)3/h5-12H,4,13-15H2,1-3H3,(H,24,26). The summed E-state index contributed by atoms with van der Waals surface area (Å²) in [6, 6.07) is 15.8. The SMILES string of the molecule is CCOCc1ccc(CNC(=O)c2ccccc2SCc2c(C)noc2C)cc1. The number of carbonyl (C=O) groups is 1. The summed E-state index contributed by atoms with van der Waals surface area (Å²) in [5, 5.41) is 7.02. The molecule has 1 amide bonds. The van der Waals surface area contributed by atoms with Crippen LogP contribution in [0.15, 0.2) is 57.9 Å². The molecule has 0 aliphatic carbocycles. The smallest absolute Gasteiger partial charge is 0.252 e. The molecule has 0 spiro atoms. The molecule has 0 aliphatic heterocycles. The number of benzene rings is 2. The van der Waals surface area contributed by atoms with E-state index in [0.717, 1.165) is 33.0 Å². The van der Waals surface area contributed by atoms with Gasteiger partial charge in [0.1, 0.15) is 5.76 Å². The molecule has 152 valence electrons. The number of aryl methyl sites for hydroxylation is 2. The Kier molecular flexibility index (Phi) is 7.49. The topological polar surface area (TPSA) is 64.4 Å². The van der Waals surface area contributed by atoms with Crippen molar-refractivity contribution >= 4 is 17.7 Å². The molecule has 0 unspecified atom stereocenters. The van der Waals surface area contributed by atoms with Gasteiger partial charge in [0, 0.05) is 29.4 Å². The lowest BCUT2D eigenvalue weighted by atomic mass is 10.1. The van der Waals surface area contributed by atoms with Crippen molar-refractivity contribution in [2.75, 3.05) is 6.61 Å². The van der Waals surface area contributed by atoms with E-state index in [2.05, 4.69) is 10.5 Å². The summed E-state index contributed by atoms with van der Waals surface area (Å²) in [7, 11) is 0. The molecule has 1 N–H and O–H groups in total. The number of amides is 1. The monoisotopic (exact) mass is 410 g/mol. The van der Waals surface area contributed by atoms with Gasteiger partial charge in [0.2, 0.25) is 0 Å². The van der Waals surface area contributed by atoms with E-state index in [1.165, 1.54) is 0 Å². The maximum Gasteiger partial charge on any atom is 0.252 e. The third-order valence-electron chi connectivity index (χ3n) is 4.63. The van der Waals surface area contributed by atoms with Gasteiger partial charge in [-0.05, 0) is 44.0 Å². The zero-order valence-corrected chi connectivity index (χ0v) is 17.8. The van der Waals surface area contributed by atoms with Gasteiger partial charge in [-0.25, -0.2) is 0 Å². The van der Waals surface area contributed by atoms with Crippen LogP contribution in [0.4, 0.5) is 0 Å². The second-order valence-corrected chi connectivity index (χ2v) is 7.74. The summed E-state index contributed by atoms with van der Waals surface area (Å²) in [5.74, 6) is 1.46. The quantitative estimate of drug-likeness (QED) is 0.500. The summed E-state index contributed by atoms with van der Waals surface area (Å²) in [5.41, 5.74) is 4.83. The van der Waals surface area contributed by atoms with Gasteiger partial charge < -0.3 is 14.6 Å². The van der Waals surface area contributed by atoms with Crippen LogP contribution in [0.2, 0.25) is 0 Å². The normalized spacial score (nSPS) is 10.9.